The first-order valence-electron chi connectivity index (χ1n) is 14.2. The molecule has 0 amide bonds. The van der Waals surface area contributed by atoms with Gasteiger partial charge in [0.2, 0.25) is 11.1 Å². The summed E-state index contributed by atoms with van der Waals surface area (Å²) in [6.07, 6.45) is -15.5. The Bertz CT molecular complexity index is 2600. The smallest absolute Gasteiger partial charge is 0.417 e. The first-order chi connectivity index (χ1) is 24.5. The highest BCUT2D eigenvalue weighted by molar-refractivity contribution is 6.17. The maximum absolute atomic E-state index is 14.4. The molecule has 0 radical (unpaired) electrons. The van der Waals surface area contributed by atoms with E-state index >= 15 is 0 Å². The Morgan fingerprint density at radius 1 is 0.519 bits per heavy atom. The van der Waals surface area contributed by atoms with Gasteiger partial charge in [-0.2, -0.15) is 60.6 Å². The zero-order chi connectivity index (χ0) is 37.7. The maximum Gasteiger partial charge on any atom is 0.417 e. The second kappa shape index (κ2) is 12.3. The van der Waals surface area contributed by atoms with E-state index in [9.17, 15) is 60.6 Å². The summed E-state index contributed by atoms with van der Waals surface area (Å²) in [5.74, 6) is 0. The van der Waals surface area contributed by atoms with Gasteiger partial charge in [-0.15, -0.1) is 0 Å². The number of fused-ring (bicyclic) bond motifs is 2. The van der Waals surface area contributed by atoms with Gasteiger partial charge < -0.3 is 8.83 Å². The highest BCUT2D eigenvalue weighted by Crippen LogP contribution is 2.48. The van der Waals surface area contributed by atoms with Gasteiger partial charge in [0.15, 0.2) is 22.3 Å². The van der Waals surface area contributed by atoms with Gasteiger partial charge in [-0.3, -0.25) is 0 Å². The fourth-order valence-corrected chi connectivity index (χ4v) is 5.50. The van der Waals surface area contributed by atoms with Crippen LogP contribution in [0.2, 0.25) is 0 Å². The van der Waals surface area contributed by atoms with E-state index in [0.717, 1.165) is 18.2 Å². The molecule has 0 saturated heterocycles. The van der Waals surface area contributed by atoms with E-state index < -0.39 is 96.3 Å². The van der Waals surface area contributed by atoms with Crippen molar-refractivity contribution >= 4 is 33.3 Å². The summed E-state index contributed by atoms with van der Waals surface area (Å²) in [6, 6.07) is 15.9. The fourth-order valence-electron chi connectivity index (χ4n) is 5.50. The van der Waals surface area contributed by atoms with Crippen LogP contribution in [0.4, 0.5) is 39.5 Å². The maximum atomic E-state index is 14.4. The van der Waals surface area contributed by atoms with E-state index in [0.29, 0.717) is 18.2 Å². The van der Waals surface area contributed by atoms with E-state index in [1.54, 1.807) is 0 Å². The number of rotatable bonds is 3. The van der Waals surface area contributed by atoms with Gasteiger partial charge in [0.25, 0.3) is 0 Å². The van der Waals surface area contributed by atoms with E-state index in [1.165, 1.54) is 48.5 Å². The van der Waals surface area contributed by atoms with Crippen LogP contribution < -0.4 is 11.1 Å². The lowest BCUT2D eigenvalue weighted by Gasteiger charge is -2.17. The van der Waals surface area contributed by atoms with Crippen molar-refractivity contribution in [2.45, 2.75) is 18.5 Å². The zero-order valence-electron chi connectivity index (χ0n) is 25.3. The molecule has 0 fully saturated rings. The average molecular weight is 718 g/mol. The number of alkyl halides is 9. The van der Waals surface area contributed by atoms with Crippen molar-refractivity contribution in [1.82, 2.24) is 9.97 Å². The first-order valence-corrected chi connectivity index (χ1v) is 14.2. The standard InChI is InChI=1S/C35H11F9N6O2/c36-33(37,38)19-9-16(10-20(11-19)34(39,40)41)21-5-1-2-6-22(21)25-27-30(52-31(49-27)17(12-45)13-46)26(23-7-3-4-8-24(23)35(42,43)44)28-29(25)51-32(50-28)18(14-47)15-48/h1-11H. The Hall–Kier alpha value is -7.11. The number of hydrogen-bond donors (Lipinski definition) is 0. The van der Waals surface area contributed by atoms with Crippen LogP contribution in [0.1, 0.15) is 16.7 Å². The molecule has 256 valence electrons. The summed E-state index contributed by atoms with van der Waals surface area (Å²) in [5.41, 5.74) is -12.2. The monoisotopic (exact) mass is 718 g/mol. The quantitative estimate of drug-likeness (QED) is 0.166. The molecule has 52 heavy (non-hydrogen) atoms. The predicted octanol–water partition coefficient (Wildman–Crippen LogP) is 8.42. The van der Waals surface area contributed by atoms with Crippen LogP contribution in [-0.2, 0) is 18.5 Å². The normalized spacial score (nSPS) is 11.9. The number of halogens is 9. The van der Waals surface area contributed by atoms with Crippen LogP contribution in [0.5, 0.6) is 0 Å². The highest BCUT2D eigenvalue weighted by Gasteiger charge is 2.39. The minimum atomic E-state index is -5.23. The van der Waals surface area contributed by atoms with Crippen molar-refractivity contribution in [3.63, 3.8) is 0 Å². The number of nitrogens with zero attached hydrogens (tertiary/aromatic N) is 6. The molecule has 2 heterocycles. The Morgan fingerprint density at radius 2 is 0.923 bits per heavy atom. The lowest BCUT2D eigenvalue weighted by molar-refractivity contribution is -0.143. The zero-order valence-corrected chi connectivity index (χ0v) is 25.3. The van der Waals surface area contributed by atoms with Crippen molar-refractivity contribution in [2.75, 3.05) is 0 Å². The topological polar surface area (TPSA) is 147 Å². The van der Waals surface area contributed by atoms with Crippen molar-refractivity contribution in [3.05, 3.63) is 94.5 Å². The molecule has 4 aromatic carbocycles. The summed E-state index contributed by atoms with van der Waals surface area (Å²) in [5, 5.41) is 38.3. The third-order valence-electron chi connectivity index (χ3n) is 7.65. The van der Waals surface area contributed by atoms with Crippen molar-refractivity contribution < 1.29 is 48.3 Å². The lowest BCUT2D eigenvalue weighted by Crippen LogP contribution is -2.11. The van der Waals surface area contributed by atoms with Gasteiger partial charge in [0.05, 0.1) is 27.8 Å². The molecule has 0 aliphatic heterocycles. The summed E-state index contributed by atoms with van der Waals surface area (Å²) in [4.78, 5) is 8.33. The van der Waals surface area contributed by atoms with Gasteiger partial charge in [-0.05, 0) is 46.5 Å². The summed E-state index contributed by atoms with van der Waals surface area (Å²) in [6.45, 7) is 0. The molecule has 0 aliphatic rings. The molecule has 8 nitrogen and oxygen atoms in total. The summed E-state index contributed by atoms with van der Waals surface area (Å²) < 4.78 is 138. The molecule has 0 aliphatic carbocycles. The molecule has 0 saturated carbocycles. The van der Waals surface area contributed by atoms with Crippen molar-refractivity contribution in [3.8, 4) is 57.7 Å². The van der Waals surface area contributed by atoms with Crippen molar-refractivity contribution in [2.24, 2.45) is 0 Å². The molecule has 6 rings (SSSR count). The van der Waals surface area contributed by atoms with Crippen LogP contribution in [0.25, 0.3) is 66.7 Å². The van der Waals surface area contributed by atoms with E-state index in [-0.39, 0.29) is 22.8 Å². The number of aromatic nitrogens is 2. The number of hydrogen-bond acceptors (Lipinski definition) is 8. The summed E-state index contributed by atoms with van der Waals surface area (Å²) >= 11 is 0. The van der Waals surface area contributed by atoms with Crippen LogP contribution in [0.15, 0.2) is 75.6 Å². The van der Waals surface area contributed by atoms with Gasteiger partial charge in [0, 0.05) is 0 Å². The molecule has 0 N–H and O–H groups in total. The summed E-state index contributed by atoms with van der Waals surface area (Å²) in [7, 11) is 0. The van der Waals surface area contributed by atoms with Gasteiger partial charge in [-0.25, -0.2) is 9.97 Å². The Kier molecular flexibility index (Phi) is 8.24. The van der Waals surface area contributed by atoms with Crippen LogP contribution in [0, 0.1) is 45.3 Å². The van der Waals surface area contributed by atoms with E-state index in [1.807, 2.05) is 0 Å². The van der Waals surface area contributed by atoms with Crippen LogP contribution in [-0.4, -0.2) is 9.97 Å². The number of benzene rings is 4. The Balaban J connectivity index is 1.89. The first kappa shape index (κ1) is 34.7. The van der Waals surface area contributed by atoms with E-state index in [4.69, 9.17) is 8.83 Å². The van der Waals surface area contributed by atoms with Crippen LogP contribution in [0.3, 0.4) is 0 Å². The third-order valence-corrected chi connectivity index (χ3v) is 7.65. The van der Waals surface area contributed by atoms with Gasteiger partial charge in [0.1, 0.15) is 35.3 Å². The second-order valence-corrected chi connectivity index (χ2v) is 10.7. The molecule has 0 spiro atoms. The Morgan fingerprint density at radius 3 is 1.35 bits per heavy atom. The lowest BCUT2D eigenvalue weighted by atomic mass is 9.89. The molecule has 0 unspecified atom stereocenters. The Labute approximate surface area is 283 Å². The third kappa shape index (κ3) is 5.91. The molecular formula is C35H11F9N6O2. The minimum absolute atomic E-state index is 0.0790. The molecule has 0 atom stereocenters. The molecule has 0 bridgehead atoms. The SMILES string of the molecule is N#CC(C#N)=c1nc2c(-c3ccccc3C(F)(F)F)c3oc(=C(C#N)C#N)nc3c(-c3ccccc3-c3cc(C(F)(F)F)cc(C(F)(F)F)c3)c2o1. The molecule has 6 aromatic rings. The predicted molar refractivity (Wildman–Crippen MR) is 161 cm³/mol. The van der Waals surface area contributed by atoms with Gasteiger partial charge in [-0.1, -0.05) is 42.5 Å². The van der Waals surface area contributed by atoms with Gasteiger partial charge >= 0.3 is 18.5 Å². The highest BCUT2D eigenvalue weighted by atomic mass is 19.4. The molecule has 17 heteroatoms. The average Bonchev–Trinajstić information content (AvgIpc) is 3.72. The fraction of sp³-hybridized carbons (Fsp3) is 0.0857. The molecular weight excluding hydrogens is 707 g/mol. The largest absolute Gasteiger partial charge is 0.434 e. The van der Waals surface area contributed by atoms with Crippen molar-refractivity contribution in [1.29, 1.82) is 21.0 Å². The van der Waals surface area contributed by atoms with Crippen LogP contribution >= 0.6 is 0 Å². The number of oxazole rings is 2. The molecule has 2 aromatic heterocycles. The number of nitriles is 4. The second-order valence-electron chi connectivity index (χ2n) is 10.7. The van der Waals surface area contributed by atoms with E-state index in [2.05, 4.69) is 9.97 Å². The minimum Gasteiger partial charge on any atom is -0.434 e.